The highest BCUT2D eigenvalue weighted by Gasteiger charge is 1.97. The predicted molar refractivity (Wildman–Crippen MR) is 95.4 cm³/mol. The monoisotopic (exact) mass is 299 g/mol. The number of benzene rings is 2. The summed E-state index contributed by atoms with van der Waals surface area (Å²) in [4.78, 5) is 0. The SMILES string of the molecule is CC.CCCOc1cccc(CNCCc2ccccc2)c1. The van der Waals surface area contributed by atoms with Gasteiger partial charge in [-0.2, -0.15) is 0 Å². The largest absolute Gasteiger partial charge is 0.494 e. The first-order valence-electron chi connectivity index (χ1n) is 8.35. The molecule has 0 atom stereocenters. The van der Waals surface area contributed by atoms with Gasteiger partial charge < -0.3 is 10.1 Å². The maximum Gasteiger partial charge on any atom is 0.119 e. The van der Waals surface area contributed by atoms with Gasteiger partial charge in [0.15, 0.2) is 0 Å². The minimum Gasteiger partial charge on any atom is -0.494 e. The van der Waals surface area contributed by atoms with Crippen molar-refractivity contribution in [1.82, 2.24) is 5.32 Å². The van der Waals surface area contributed by atoms with Crippen molar-refractivity contribution in [2.45, 2.75) is 40.2 Å². The van der Waals surface area contributed by atoms with Crippen LogP contribution in [0.25, 0.3) is 0 Å². The summed E-state index contributed by atoms with van der Waals surface area (Å²) in [6.07, 6.45) is 2.10. The molecule has 0 aliphatic heterocycles. The topological polar surface area (TPSA) is 21.3 Å². The summed E-state index contributed by atoms with van der Waals surface area (Å²) in [6.45, 7) is 8.78. The van der Waals surface area contributed by atoms with E-state index in [2.05, 4.69) is 60.8 Å². The molecule has 120 valence electrons. The quantitative estimate of drug-likeness (QED) is 0.705. The van der Waals surface area contributed by atoms with E-state index in [1.807, 2.05) is 19.9 Å². The third-order valence-corrected chi connectivity index (χ3v) is 3.13. The van der Waals surface area contributed by atoms with Gasteiger partial charge in [0, 0.05) is 6.54 Å². The lowest BCUT2D eigenvalue weighted by Crippen LogP contribution is -2.16. The molecule has 0 aromatic heterocycles. The number of ether oxygens (including phenoxy) is 1. The minimum atomic E-state index is 0.783. The van der Waals surface area contributed by atoms with Crippen LogP contribution in [0.15, 0.2) is 54.6 Å². The van der Waals surface area contributed by atoms with E-state index in [1.54, 1.807) is 0 Å². The van der Waals surface area contributed by atoms with Gasteiger partial charge in [0.2, 0.25) is 0 Å². The molecule has 2 nitrogen and oxygen atoms in total. The molecule has 1 N–H and O–H groups in total. The standard InChI is InChI=1S/C18H23NO.C2H6/c1-2-13-20-18-10-6-9-17(14-18)15-19-12-11-16-7-4-3-5-8-16;1-2/h3-10,14,19H,2,11-13,15H2,1H3;1-2H3. The summed E-state index contributed by atoms with van der Waals surface area (Å²) >= 11 is 0. The molecule has 2 aromatic rings. The number of hydrogen-bond acceptors (Lipinski definition) is 2. The lowest BCUT2D eigenvalue weighted by molar-refractivity contribution is 0.317. The van der Waals surface area contributed by atoms with Crippen LogP contribution in [0.2, 0.25) is 0 Å². The molecular weight excluding hydrogens is 270 g/mol. The molecule has 0 saturated carbocycles. The van der Waals surface area contributed by atoms with Crippen LogP contribution in [0.4, 0.5) is 0 Å². The fraction of sp³-hybridized carbons (Fsp3) is 0.400. The average molecular weight is 299 g/mol. The van der Waals surface area contributed by atoms with Crippen LogP contribution >= 0.6 is 0 Å². The lowest BCUT2D eigenvalue weighted by atomic mass is 10.1. The van der Waals surface area contributed by atoms with Gasteiger partial charge in [-0.1, -0.05) is 63.2 Å². The van der Waals surface area contributed by atoms with Gasteiger partial charge in [0.1, 0.15) is 5.75 Å². The fourth-order valence-corrected chi connectivity index (χ4v) is 2.08. The summed E-state index contributed by atoms with van der Waals surface area (Å²) < 4.78 is 5.64. The van der Waals surface area contributed by atoms with Gasteiger partial charge in [-0.3, -0.25) is 0 Å². The van der Waals surface area contributed by atoms with Crippen molar-refractivity contribution in [3.63, 3.8) is 0 Å². The van der Waals surface area contributed by atoms with Crippen molar-refractivity contribution >= 4 is 0 Å². The van der Waals surface area contributed by atoms with Gasteiger partial charge >= 0.3 is 0 Å². The van der Waals surface area contributed by atoms with Crippen molar-refractivity contribution in [2.75, 3.05) is 13.2 Å². The molecule has 2 aromatic carbocycles. The number of nitrogens with one attached hydrogen (secondary N) is 1. The van der Waals surface area contributed by atoms with Crippen LogP contribution in [0.1, 0.15) is 38.3 Å². The molecular formula is C20H29NO. The second-order valence-electron chi connectivity index (χ2n) is 4.91. The van der Waals surface area contributed by atoms with E-state index in [0.29, 0.717) is 0 Å². The first-order valence-corrected chi connectivity index (χ1v) is 8.35. The fourth-order valence-electron chi connectivity index (χ4n) is 2.08. The van der Waals surface area contributed by atoms with E-state index in [9.17, 15) is 0 Å². The van der Waals surface area contributed by atoms with Crippen LogP contribution < -0.4 is 10.1 Å². The summed E-state index contributed by atoms with van der Waals surface area (Å²) in [5.41, 5.74) is 2.65. The first kappa shape index (κ1) is 18.2. The van der Waals surface area contributed by atoms with Gasteiger partial charge in [0.05, 0.1) is 6.61 Å². The third-order valence-electron chi connectivity index (χ3n) is 3.13. The Balaban J connectivity index is 0.00000116. The number of rotatable bonds is 8. The molecule has 0 spiro atoms. The highest BCUT2D eigenvalue weighted by molar-refractivity contribution is 5.28. The highest BCUT2D eigenvalue weighted by atomic mass is 16.5. The summed E-state index contributed by atoms with van der Waals surface area (Å²) in [5.74, 6) is 0.967. The Morgan fingerprint density at radius 2 is 1.64 bits per heavy atom. The Kier molecular flexibility index (Phi) is 9.80. The van der Waals surface area contributed by atoms with E-state index >= 15 is 0 Å². The predicted octanol–water partition coefficient (Wildman–Crippen LogP) is 4.83. The van der Waals surface area contributed by atoms with Crippen LogP contribution in [0, 0.1) is 0 Å². The van der Waals surface area contributed by atoms with Crippen LogP contribution in [-0.2, 0) is 13.0 Å². The summed E-state index contributed by atoms with van der Waals surface area (Å²) in [6, 6.07) is 18.9. The van der Waals surface area contributed by atoms with Gasteiger partial charge in [0.25, 0.3) is 0 Å². The van der Waals surface area contributed by atoms with Gasteiger partial charge in [-0.25, -0.2) is 0 Å². The van der Waals surface area contributed by atoms with E-state index in [1.165, 1.54) is 11.1 Å². The van der Waals surface area contributed by atoms with Crippen LogP contribution in [0.3, 0.4) is 0 Å². The second kappa shape index (κ2) is 11.8. The second-order valence-corrected chi connectivity index (χ2v) is 4.91. The Labute approximate surface area is 135 Å². The molecule has 0 radical (unpaired) electrons. The van der Waals surface area contributed by atoms with Crippen molar-refractivity contribution < 1.29 is 4.74 Å². The zero-order valence-electron chi connectivity index (χ0n) is 14.1. The summed E-state index contributed by atoms with van der Waals surface area (Å²) in [7, 11) is 0. The Morgan fingerprint density at radius 3 is 2.36 bits per heavy atom. The van der Waals surface area contributed by atoms with Gasteiger partial charge in [-0.15, -0.1) is 0 Å². The lowest BCUT2D eigenvalue weighted by Gasteiger charge is -2.08. The van der Waals surface area contributed by atoms with E-state index < -0.39 is 0 Å². The average Bonchev–Trinajstić information content (AvgIpc) is 2.60. The molecule has 2 rings (SSSR count). The molecule has 0 fully saturated rings. The van der Waals surface area contributed by atoms with Crippen molar-refractivity contribution in [3.05, 3.63) is 65.7 Å². The molecule has 0 bridgehead atoms. The molecule has 22 heavy (non-hydrogen) atoms. The Bertz CT molecular complexity index is 496. The molecule has 2 heteroatoms. The maximum atomic E-state index is 5.64. The van der Waals surface area contributed by atoms with Crippen molar-refractivity contribution in [3.8, 4) is 5.75 Å². The van der Waals surface area contributed by atoms with Crippen LogP contribution in [-0.4, -0.2) is 13.2 Å². The molecule has 0 heterocycles. The van der Waals surface area contributed by atoms with Gasteiger partial charge in [-0.05, 0) is 42.6 Å². The van der Waals surface area contributed by atoms with E-state index in [0.717, 1.165) is 38.3 Å². The number of hydrogen-bond donors (Lipinski definition) is 1. The van der Waals surface area contributed by atoms with E-state index in [4.69, 9.17) is 4.74 Å². The Hall–Kier alpha value is -1.80. The molecule has 0 saturated heterocycles. The molecule has 0 unspecified atom stereocenters. The van der Waals surface area contributed by atoms with E-state index in [-0.39, 0.29) is 0 Å². The zero-order chi connectivity index (χ0) is 16.0. The van der Waals surface area contributed by atoms with Crippen LogP contribution in [0.5, 0.6) is 5.75 Å². The summed E-state index contributed by atoms with van der Waals surface area (Å²) in [5, 5.41) is 3.48. The molecule has 0 amide bonds. The van der Waals surface area contributed by atoms with Crippen molar-refractivity contribution in [1.29, 1.82) is 0 Å². The smallest absolute Gasteiger partial charge is 0.119 e. The minimum absolute atomic E-state index is 0.783. The molecule has 0 aliphatic rings. The molecule has 0 aliphatic carbocycles. The normalized spacial score (nSPS) is 9.77. The first-order chi connectivity index (χ1) is 10.9. The maximum absolute atomic E-state index is 5.64. The van der Waals surface area contributed by atoms with Crippen molar-refractivity contribution in [2.24, 2.45) is 0 Å². The highest BCUT2D eigenvalue weighted by Crippen LogP contribution is 2.13. The third kappa shape index (κ3) is 7.28. The zero-order valence-corrected chi connectivity index (χ0v) is 14.1. The Morgan fingerprint density at radius 1 is 0.909 bits per heavy atom.